The molecule has 4 heteroatoms. The molecule has 0 heterocycles. The van der Waals surface area contributed by atoms with Gasteiger partial charge in [0.15, 0.2) is 0 Å². The molecule has 0 aliphatic rings. The van der Waals surface area contributed by atoms with Crippen molar-refractivity contribution in [2.24, 2.45) is 0 Å². The SMILES string of the molecule is Cc1cc(S(C)(c2ccccc2)c2ccccc2)ccc1Sc1ccc(Sc2ccc(S(C)(c3ccccc3)c3ccccc3)cc2C)cc1. The zero-order valence-electron chi connectivity index (χ0n) is 29.0. The maximum atomic E-state index is 2.43. The smallest absolute Gasteiger partial charge is 0.0152 e. The molecule has 0 saturated carbocycles. The molecule has 0 atom stereocenters. The number of benzene rings is 7. The summed E-state index contributed by atoms with van der Waals surface area (Å²) in [6, 6.07) is 67.2. The molecule has 0 spiro atoms. The van der Waals surface area contributed by atoms with E-state index in [1.165, 1.54) is 60.1 Å². The number of hydrogen-bond acceptors (Lipinski definition) is 2. The van der Waals surface area contributed by atoms with Crippen LogP contribution in [-0.2, 0) is 0 Å². The van der Waals surface area contributed by atoms with Crippen molar-refractivity contribution < 1.29 is 0 Å². The van der Waals surface area contributed by atoms with Crippen LogP contribution in [0.4, 0.5) is 0 Å². The fourth-order valence-electron chi connectivity index (χ4n) is 6.40. The van der Waals surface area contributed by atoms with E-state index in [4.69, 9.17) is 0 Å². The molecular formula is C46H42S4. The van der Waals surface area contributed by atoms with Crippen molar-refractivity contribution >= 4 is 43.6 Å². The van der Waals surface area contributed by atoms with Crippen LogP contribution in [0.25, 0.3) is 0 Å². The van der Waals surface area contributed by atoms with E-state index in [9.17, 15) is 0 Å². The zero-order valence-corrected chi connectivity index (χ0v) is 32.2. The minimum Gasteiger partial charge on any atom is -0.163 e. The Morgan fingerprint density at radius 2 is 0.600 bits per heavy atom. The van der Waals surface area contributed by atoms with Gasteiger partial charge in [-0.3, -0.25) is 0 Å². The van der Waals surface area contributed by atoms with Crippen LogP contribution in [-0.4, -0.2) is 12.5 Å². The third-order valence-corrected chi connectivity index (χ3v) is 19.0. The lowest BCUT2D eigenvalue weighted by Gasteiger charge is -2.38. The van der Waals surface area contributed by atoms with Crippen molar-refractivity contribution in [2.75, 3.05) is 12.5 Å². The van der Waals surface area contributed by atoms with Crippen LogP contribution in [0.2, 0.25) is 0 Å². The van der Waals surface area contributed by atoms with Gasteiger partial charge in [0.05, 0.1) is 0 Å². The van der Waals surface area contributed by atoms with E-state index in [-0.39, 0.29) is 0 Å². The van der Waals surface area contributed by atoms with Crippen LogP contribution in [0.3, 0.4) is 0 Å². The Balaban J connectivity index is 1.09. The summed E-state index contributed by atoms with van der Waals surface area (Å²) >= 11 is 3.69. The van der Waals surface area contributed by atoms with Gasteiger partial charge in [0, 0.05) is 19.6 Å². The fraction of sp³-hybridized carbons (Fsp3) is 0.0870. The average molecular weight is 723 g/mol. The Morgan fingerprint density at radius 1 is 0.320 bits per heavy atom. The molecule has 0 aliphatic heterocycles. The van der Waals surface area contributed by atoms with Crippen molar-refractivity contribution in [2.45, 2.75) is 62.8 Å². The Hall–Kier alpha value is -4.06. The molecule has 7 rings (SSSR count). The lowest BCUT2D eigenvalue weighted by Crippen LogP contribution is -2.02. The van der Waals surface area contributed by atoms with Gasteiger partial charge in [0.2, 0.25) is 0 Å². The van der Waals surface area contributed by atoms with Gasteiger partial charge in [0.1, 0.15) is 0 Å². The maximum Gasteiger partial charge on any atom is 0.0152 e. The molecule has 7 aromatic rings. The van der Waals surface area contributed by atoms with Gasteiger partial charge >= 0.3 is 0 Å². The van der Waals surface area contributed by atoms with E-state index < -0.39 is 20.1 Å². The first-order chi connectivity index (χ1) is 24.4. The summed E-state index contributed by atoms with van der Waals surface area (Å²) in [7, 11) is -2.75. The molecule has 0 aliphatic carbocycles. The largest absolute Gasteiger partial charge is 0.163 e. The Kier molecular flexibility index (Phi) is 10.3. The van der Waals surface area contributed by atoms with E-state index in [0.717, 1.165) is 0 Å². The highest BCUT2D eigenvalue weighted by molar-refractivity contribution is 8.33. The van der Waals surface area contributed by atoms with E-state index in [1.807, 2.05) is 23.5 Å². The molecule has 250 valence electrons. The van der Waals surface area contributed by atoms with E-state index >= 15 is 0 Å². The lowest BCUT2D eigenvalue weighted by atomic mass is 10.2. The Labute approximate surface area is 310 Å². The minimum absolute atomic E-state index is 1.25. The number of rotatable bonds is 10. The molecule has 0 N–H and O–H groups in total. The Bertz CT molecular complexity index is 1940. The monoisotopic (exact) mass is 722 g/mol. The highest BCUT2D eigenvalue weighted by Crippen LogP contribution is 2.67. The molecule has 0 amide bonds. The first-order valence-electron chi connectivity index (χ1n) is 16.8. The van der Waals surface area contributed by atoms with Crippen LogP contribution in [0.5, 0.6) is 0 Å². The number of hydrogen-bond donors (Lipinski definition) is 0. The third kappa shape index (κ3) is 6.95. The minimum atomic E-state index is -1.38. The molecule has 0 fully saturated rings. The summed E-state index contributed by atoms with van der Waals surface area (Å²) in [5, 5.41) is 0. The molecule has 0 saturated heterocycles. The van der Waals surface area contributed by atoms with Gasteiger partial charge < -0.3 is 0 Å². The van der Waals surface area contributed by atoms with E-state index in [0.29, 0.717) is 0 Å². The standard InChI is InChI=1S/C46H42S4/c1-35-33-43(49(3,39-17-9-5-10-18-39)40-19-11-6-12-20-40)29-31-45(35)47-37-25-27-38(28-26-37)48-46-32-30-44(34-36(46)2)50(4,41-21-13-7-14-22-41)42-23-15-8-16-24-42/h5-34H,1-4H3. The van der Waals surface area contributed by atoms with Gasteiger partial charge in [-0.05, 0) is 176 Å². The maximum absolute atomic E-state index is 2.43. The number of aryl methyl sites for hydroxylation is 2. The molecule has 0 nitrogen and oxygen atoms in total. The van der Waals surface area contributed by atoms with Crippen LogP contribution < -0.4 is 0 Å². The normalized spacial score (nSPS) is 12.4. The summed E-state index contributed by atoms with van der Waals surface area (Å²) in [6.45, 7) is 4.50. The average Bonchev–Trinajstić information content (AvgIpc) is 3.18. The van der Waals surface area contributed by atoms with E-state index in [1.54, 1.807) is 0 Å². The van der Waals surface area contributed by atoms with Crippen LogP contribution in [0, 0.1) is 13.8 Å². The van der Waals surface area contributed by atoms with Gasteiger partial charge in [-0.15, -0.1) is 0 Å². The second-order valence-corrected chi connectivity index (χ2v) is 21.4. The first kappa shape index (κ1) is 34.4. The van der Waals surface area contributed by atoms with Crippen molar-refractivity contribution in [1.82, 2.24) is 0 Å². The first-order valence-corrected chi connectivity index (χ1v) is 22.5. The molecule has 50 heavy (non-hydrogen) atoms. The van der Waals surface area contributed by atoms with Crippen molar-refractivity contribution in [3.63, 3.8) is 0 Å². The fourth-order valence-corrected chi connectivity index (χ4v) is 14.1. The summed E-state index contributed by atoms with van der Waals surface area (Å²) < 4.78 is 0. The van der Waals surface area contributed by atoms with Crippen LogP contribution in [0.15, 0.2) is 231 Å². The molecule has 0 aromatic heterocycles. The van der Waals surface area contributed by atoms with Gasteiger partial charge in [-0.1, -0.05) is 96.3 Å². The molecule has 0 radical (unpaired) electrons. The van der Waals surface area contributed by atoms with Crippen LogP contribution >= 0.6 is 43.6 Å². The van der Waals surface area contributed by atoms with Crippen molar-refractivity contribution in [3.8, 4) is 0 Å². The van der Waals surface area contributed by atoms with Crippen LogP contribution in [0.1, 0.15) is 11.1 Å². The Morgan fingerprint density at radius 3 is 0.860 bits per heavy atom. The van der Waals surface area contributed by atoms with Crippen molar-refractivity contribution in [1.29, 1.82) is 0 Å². The second kappa shape index (κ2) is 15.0. The summed E-state index contributed by atoms with van der Waals surface area (Å²) in [5.74, 6) is 0. The highest BCUT2D eigenvalue weighted by Gasteiger charge is 2.27. The van der Waals surface area contributed by atoms with Gasteiger partial charge in [-0.2, -0.15) is 20.1 Å². The quantitative estimate of drug-likeness (QED) is 0.138. The zero-order chi connectivity index (χ0) is 34.6. The molecular weight excluding hydrogens is 681 g/mol. The third-order valence-electron chi connectivity index (χ3n) is 9.37. The second-order valence-electron chi connectivity index (χ2n) is 12.6. The topological polar surface area (TPSA) is 0 Å². The summed E-state index contributed by atoms with van der Waals surface area (Å²) in [5.41, 5.74) is 2.62. The highest BCUT2D eigenvalue weighted by atomic mass is 32.3. The summed E-state index contributed by atoms with van der Waals surface area (Å²) in [4.78, 5) is 13.4. The predicted octanol–water partition coefficient (Wildman–Crippen LogP) is 14.4. The molecule has 7 aromatic carbocycles. The van der Waals surface area contributed by atoms with Gasteiger partial charge in [0.25, 0.3) is 0 Å². The van der Waals surface area contributed by atoms with Crippen molar-refractivity contribution in [3.05, 3.63) is 193 Å². The molecule has 0 unspecified atom stereocenters. The molecule has 0 bridgehead atoms. The van der Waals surface area contributed by atoms with Gasteiger partial charge in [-0.25, -0.2) is 0 Å². The van der Waals surface area contributed by atoms with E-state index in [2.05, 4.69) is 208 Å². The summed E-state index contributed by atoms with van der Waals surface area (Å²) in [6.07, 6.45) is 4.86. The predicted molar refractivity (Wildman–Crippen MR) is 219 cm³/mol. The lowest BCUT2D eigenvalue weighted by molar-refractivity contribution is 1.20.